The molecule has 4 aromatic rings. The molecule has 37 heavy (non-hydrogen) atoms. The first-order valence-corrected chi connectivity index (χ1v) is 12.3. The van der Waals surface area contributed by atoms with Crippen molar-refractivity contribution >= 4 is 33.3 Å². The van der Waals surface area contributed by atoms with E-state index in [0.29, 0.717) is 37.1 Å². The number of halogens is 3. The maximum absolute atomic E-state index is 13.4. The predicted molar refractivity (Wildman–Crippen MR) is 132 cm³/mol. The number of carbonyl (C=O) groups excluding carboxylic acids is 1. The average Bonchev–Trinajstić information content (AvgIpc) is 3.58. The van der Waals surface area contributed by atoms with E-state index in [0.717, 1.165) is 11.2 Å². The molecule has 4 heterocycles. The number of nitrogens with zero attached hydrogens (tertiary/aromatic N) is 5. The molecule has 0 unspecified atom stereocenters. The van der Waals surface area contributed by atoms with Gasteiger partial charge in [-0.15, -0.1) is 11.3 Å². The molecular formula is C24H23F3N6O3S. The second-order valence-corrected chi connectivity index (χ2v) is 9.39. The minimum Gasteiger partial charge on any atom is -0.494 e. The predicted octanol–water partition coefficient (Wildman–Crippen LogP) is 4.36. The summed E-state index contributed by atoms with van der Waals surface area (Å²) in [5.41, 5.74) is 5.51. The lowest BCUT2D eigenvalue weighted by atomic mass is 10.1. The summed E-state index contributed by atoms with van der Waals surface area (Å²) in [7, 11) is 1.35. The number of aromatic nitrogens is 3. The number of pyridine rings is 1. The summed E-state index contributed by atoms with van der Waals surface area (Å²) in [5, 5.41) is 3.14. The van der Waals surface area contributed by atoms with E-state index < -0.39 is 17.9 Å². The first kappa shape index (κ1) is 25.0. The number of oxazole rings is 1. The first-order chi connectivity index (χ1) is 17.7. The van der Waals surface area contributed by atoms with Crippen molar-refractivity contribution in [2.24, 2.45) is 5.73 Å². The molecule has 194 valence electrons. The standard InChI is InChI=1S/C24H23F3N6O3S/c1-13(28)20-19(22(34)32-8-10-33(11-9-32)23-29-7-12-37-23)31-21(36-20)15-3-5-16(35-2)18-14(15)4-6-17(30-18)24(25,26)27/h3-7,12-13H,8-11,28H2,1-2H3/t13-/m0/s1. The van der Waals surface area contributed by atoms with Crippen molar-refractivity contribution < 1.29 is 27.1 Å². The van der Waals surface area contributed by atoms with Crippen LogP contribution >= 0.6 is 11.3 Å². The molecule has 0 bridgehead atoms. The van der Waals surface area contributed by atoms with E-state index in [-0.39, 0.29) is 34.5 Å². The SMILES string of the molecule is COc1ccc(-c2nc(C(=O)N3CCN(c4nccs4)CC3)c([C@H](C)N)o2)c2ccc(C(F)(F)F)nc12. The summed E-state index contributed by atoms with van der Waals surface area (Å²) in [6.45, 7) is 3.84. The molecule has 5 rings (SSSR count). The van der Waals surface area contributed by atoms with Gasteiger partial charge in [-0.05, 0) is 31.2 Å². The molecule has 3 aromatic heterocycles. The van der Waals surface area contributed by atoms with Gasteiger partial charge in [-0.25, -0.2) is 15.0 Å². The van der Waals surface area contributed by atoms with Gasteiger partial charge in [0.25, 0.3) is 5.91 Å². The van der Waals surface area contributed by atoms with E-state index >= 15 is 0 Å². The van der Waals surface area contributed by atoms with Crippen LogP contribution in [0.5, 0.6) is 5.75 Å². The Labute approximate surface area is 213 Å². The quantitative estimate of drug-likeness (QED) is 0.404. The summed E-state index contributed by atoms with van der Waals surface area (Å²) >= 11 is 1.54. The number of fused-ring (bicyclic) bond motifs is 1. The van der Waals surface area contributed by atoms with Crippen LogP contribution in [0, 0.1) is 0 Å². The zero-order chi connectivity index (χ0) is 26.3. The number of hydrogen-bond donors (Lipinski definition) is 1. The highest BCUT2D eigenvalue weighted by Gasteiger charge is 2.34. The number of piperazine rings is 1. The van der Waals surface area contributed by atoms with Gasteiger partial charge in [-0.1, -0.05) is 0 Å². The van der Waals surface area contributed by atoms with Gasteiger partial charge in [0, 0.05) is 48.7 Å². The number of alkyl halides is 3. The summed E-state index contributed by atoms with van der Waals surface area (Å²) in [6, 6.07) is 4.62. The lowest BCUT2D eigenvalue weighted by Crippen LogP contribution is -2.49. The topological polar surface area (TPSA) is 111 Å². The Bertz CT molecular complexity index is 1430. The summed E-state index contributed by atoms with van der Waals surface area (Å²) < 4.78 is 51.1. The van der Waals surface area contributed by atoms with Crippen molar-refractivity contribution in [2.75, 3.05) is 38.2 Å². The fourth-order valence-electron chi connectivity index (χ4n) is 4.23. The maximum atomic E-state index is 13.4. The van der Waals surface area contributed by atoms with Crippen LogP contribution in [0.15, 0.2) is 40.3 Å². The van der Waals surface area contributed by atoms with Crippen LogP contribution in [-0.4, -0.2) is 59.0 Å². The van der Waals surface area contributed by atoms with Crippen molar-refractivity contribution in [1.82, 2.24) is 19.9 Å². The number of carbonyl (C=O) groups is 1. The number of ether oxygens (including phenoxy) is 1. The van der Waals surface area contributed by atoms with E-state index in [1.807, 2.05) is 5.38 Å². The number of amides is 1. The van der Waals surface area contributed by atoms with E-state index in [9.17, 15) is 18.0 Å². The number of rotatable bonds is 5. The highest BCUT2D eigenvalue weighted by Crippen LogP contribution is 2.37. The minimum atomic E-state index is -4.62. The van der Waals surface area contributed by atoms with Crippen LogP contribution in [0.1, 0.15) is 34.9 Å². The van der Waals surface area contributed by atoms with Gasteiger partial charge in [0.05, 0.1) is 13.2 Å². The Kier molecular flexibility index (Phi) is 6.50. The molecule has 1 fully saturated rings. The van der Waals surface area contributed by atoms with Gasteiger partial charge in [0.15, 0.2) is 16.6 Å². The van der Waals surface area contributed by atoms with Gasteiger partial charge in [-0.2, -0.15) is 13.2 Å². The summed E-state index contributed by atoms with van der Waals surface area (Å²) in [4.78, 5) is 29.8. The normalized spacial score (nSPS) is 15.3. The van der Waals surface area contributed by atoms with Gasteiger partial charge >= 0.3 is 6.18 Å². The number of benzene rings is 1. The third-order valence-corrected chi connectivity index (χ3v) is 6.92. The Balaban J connectivity index is 1.49. The Morgan fingerprint density at radius 1 is 1.16 bits per heavy atom. The molecular weight excluding hydrogens is 509 g/mol. The second-order valence-electron chi connectivity index (χ2n) is 8.52. The van der Waals surface area contributed by atoms with E-state index in [1.165, 1.54) is 30.6 Å². The fraction of sp³-hybridized carbons (Fsp3) is 0.333. The molecule has 1 amide bonds. The molecule has 9 nitrogen and oxygen atoms in total. The first-order valence-electron chi connectivity index (χ1n) is 11.4. The zero-order valence-electron chi connectivity index (χ0n) is 20.0. The van der Waals surface area contributed by atoms with Crippen molar-refractivity contribution in [3.8, 4) is 17.2 Å². The van der Waals surface area contributed by atoms with Crippen molar-refractivity contribution in [2.45, 2.75) is 19.1 Å². The van der Waals surface area contributed by atoms with Gasteiger partial charge in [0.1, 0.15) is 17.0 Å². The largest absolute Gasteiger partial charge is 0.494 e. The van der Waals surface area contributed by atoms with Crippen LogP contribution in [0.2, 0.25) is 0 Å². The number of thiazole rings is 1. The number of nitrogens with two attached hydrogens (primary N) is 1. The average molecular weight is 533 g/mol. The molecule has 1 saturated heterocycles. The van der Waals surface area contributed by atoms with E-state index in [1.54, 1.807) is 24.1 Å². The molecule has 1 aliphatic heterocycles. The number of hydrogen-bond acceptors (Lipinski definition) is 9. The summed E-state index contributed by atoms with van der Waals surface area (Å²) in [5.74, 6) is 0.104. The molecule has 0 spiro atoms. The van der Waals surface area contributed by atoms with Crippen LogP contribution in [-0.2, 0) is 6.18 Å². The van der Waals surface area contributed by atoms with Crippen molar-refractivity contribution in [1.29, 1.82) is 0 Å². The molecule has 1 aliphatic rings. The highest BCUT2D eigenvalue weighted by molar-refractivity contribution is 7.13. The molecule has 13 heteroatoms. The van der Waals surface area contributed by atoms with E-state index in [2.05, 4.69) is 19.9 Å². The molecule has 2 N–H and O–H groups in total. The molecule has 0 saturated carbocycles. The maximum Gasteiger partial charge on any atom is 0.433 e. The third kappa shape index (κ3) is 4.71. The van der Waals surface area contributed by atoms with E-state index in [4.69, 9.17) is 14.9 Å². The van der Waals surface area contributed by atoms with Crippen LogP contribution in [0.4, 0.5) is 18.3 Å². The van der Waals surface area contributed by atoms with Crippen molar-refractivity contribution in [3.63, 3.8) is 0 Å². The zero-order valence-corrected chi connectivity index (χ0v) is 20.8. The number of methoxy groups -OCH3 is 1. The van der Waals surface area contributed by atoms with Crippen LogP contribution in [0.25, 0.3) is 22.4 Å². The van der Waals surface area contributed by atoms with Gasteiger partial charge in [0.2, 0.25) is 5.89 Å². The Morgan fingerprint density at radius 3 is 2.54 bits per heavy atom. The fourth-order valence-corrected chi connectivity index (χ4v) is 4.93. The lowest BCUT2D eigenvalue weighted by Gasteiger charge is -2.34. The molecule has 1 atom stereocenters. The monoisotopic (exact) mass is 532 g/mol. The van der Waals surface area contributed by atoms with Crippen LogP contribution < -0.4 is 15.4 Å². The highest BCUT2D eigenvalue weighted by atomic mass is 32.1. The minimum absolute atomic E-state index is 0.00144. The molecule has 1 aromatic carbocycles. The molecule has 0 radical (unpaired) electrons. The smallest absolute Gasteiger partial charge is 0.433 e. The third-order valence-electron chi connectivity index (χ3n) is 6.09. The van der Waals surface area contributed by atoms with Gasteiger partial charge < -0.3 is 24.7 Å². The lowest BCUT2D eigenvalue weighted by molar-refractivity contribution is -0.140. The molecule has 0 aliphatic carbocycles. The Hall–Kier alpha value is -3.71. The van der Waals surface area contributed by atoms with Crippen LogP contribution in [0.3, 0.4) is 0 Å². The Morgan fingerprint density at radius 2 is 1.92 bits per heavy atom. The van der Waals surface area contributed by atoms with Crippen molar-refractivity contribution in [3.05, 3.63) is 53.0 Å². The second kappa shape index (κ2) is 9.63. The summed E-state index contributed by atoms with van der Waals surface area (Å²) in [6.07, 6.45) is -2.88. The van der Waals surface area contributed by atoms with Gasteiger partial charge in [-0.3, -0.25) is 4.79 Å². The number of anilines is 1.